The van der Waals surface area contributed by atoms with Crippen molar-refractivity contribution in [3.63, 3.8) is 0 Å². The molecule has 138 valence electrons. The van der Waals surface area contributed by atoms with Crippen LogP contribution in [0.2, 0.25) is 0 Å². The summed E-state index contributed by atoms with van der Waals surface area (Å²) in [6, 6.07) is 5.20. The summed E-state index contributed by atoms with van der Waals surface area (Å²) in [6.45, 7) is 3.83. The zero-order chi connectivity index (χ0) is 18.8. The molecule has 2 aromatic rings. The van der Waals surface area contributed by atoms with E-state index in [2.05, 4.69) is 15.7 Å². The van der Waals surface area contributed by atoms with Gasteiger partial charge in [0, 0.05) is 44.2 Å². The molecule has 1 atom stereocenters. The number of fused-ring (bicyclic) bond motifs is 1. The summed E-state index contributed by atoms with van der Waals surface area (Å²) in [4.78, 5) is 35.8. The predicted molar refractivity (Wildman–Crippen MR) is 97.1 cm³/mol. The van der Waals surface area contributed by atoms with Crippen molar-refractivity contribution in [1.82, 2.24) is 19.7 Å². The summed E-state index contributed by atoms with van der Waals surface area (Å²) < 4.78 is 3.04. The van der Waals surface area contributed by atoms with Crippen LogP contribution in [0.3, 0.4) is 0 Å². The summed E-state index contributed by atoms with van der Waals surface area (Å²) in [5, 5.41) is 10.0. The first-order chi connectivity index (χ1) is 12.3. The maximum Gasteiger partial charge on any atom is 0.345 e. The lowest BCUT2D eigenvalue weighted by Crippen LogP contribution is -2.36. The Kier molecular flexibility index (Phi) is 4.92. The minimum absolute atomic E-state index is 0.0108. The molecule has 8 nitrogen and oxygen atoms in total. The Morgan fingerprint density at radius 1 is 1.27 bits per heavy atom. The largest absolute Gasteiger partial charge is 0.349 e. The molecule has 0 radical (unpaired) electrons. The van der Waals surface area contributed by atoms with E-state index in [1.54, 1.807) is 29.8 Å². The van der Waals surface area contributed by atoms with Gasteiger partial charge in [-0.05, 0) is 43.5 Å². The molecule has 0 fully saturated rings. The normalized spacial score (nSPS) is 16.5. The highest BCUT2D eigenvalue weighted by Gasteiger charge is 2.22. The monoisotopic (exact) mass is 357 g/mol. The first-order valence-electron chi connectivity index (χ1n) is 8.67. The molecule has 0 saturated heterocycles. The Bertz CT molecular complexity index is 912. The van der Waals surface area contributed by atoms with Gasteiger partial charge in [0.2, 0.25) is 5.91 Å². The lowest BCUT2D eigenvalue weighted by atomic mass is 10.0. The number of benzene rings is 1. The molecule has 0 spiro atoms. The van der Waals surface area contributed by atoms with Gasteiger partial charge in [0.1, 0.15) is 5.82 Å². The zero-order valence-corrected chi connectivity index (χ0v) is 15.2. The van der Waals surface area contributed by atoms with Gasteiger partial charge in [-0.1, -0.05) is 0 Å². The molecule has 1 aromatic heterocycles. The molecule has 2 N–H and O–H groups in total. The Morgan fingerprint density at radius 3 is 2.73 bits per heavy atom. The number of nitrogens with one attached hydrogen (secondary N) is 2. The van der Waals surface area contributed by atoms with Crippen molar-refractivity contribution in [3.8, 4) is 0 Å². The van der Waals surface area contributed by atoms with Gasteiger partial charge in [-0.3, -0.25) is 14.2 Å². The van der Waals surface area contributed by atoms with Crippen molar-refractivity contribution < 1.29 is 9.59 Å². The number of aromatic nitrogens is 3. The highest BCUT2D eigenvalue weighted by Crippen LogP contribution is 2.17. The van der Waals surface area contributed by atoms with E-state index in [9.17, 15) is 14.4 Å². The topological polar surface area (TPSA) is 98.0 Å². The van der Waals surface area contributed by atoms with E-state index >= 15 is 0 Å². The molecule has 0 bridgehead atoms. The van der Waals surface area contributed by atoms with Gasteiger partial charge in [0.25, 0.3) is 5.91 Å². The van der Waals surface area contributed by atoms with Crippen molar-refractivity contribution in [3.05, 3.63) is 45.6 Å². The van der Waals surface area contributed by atoms with Crippen LogP contribution in [0.5, 0.6) is 0 Å². The molecule has 1 aliphatic rings. The average molecular weight is 357 g/mol. The predicted octanol–water partition coefficient (Wildman–Crippen LogP) is 0.984. The van der Waals surface area contributed by atoms with Crippen LogP contribution < -0.4 is 16.3 Å². The third-order valence-electron chi connectivity index (χ3n) is 4.63. The second-order valence-electron chi connectivity index (χ2n) is 6.68. The highest BCUT2D eigenvalue weighted by atomic mass is 16.2. The third kappa shape index (κ3) is 3.68. The van der Waals surface area contributed by atoms with E-state index in [1.165, 1.54) is 11.6 Å². The van der Waals surface area contributed by atoms with Crippen LogP contribution in [-0.2, 0) is 24.8 Å². The van der Waals surface area contributed by atoms with Gasteiger partial charge < -0.3 is 10.6 Å². The van der Waals surface area contributed by atoms with Gasteiger partial charge in [-0.25, -0.2) is 9.48 Å². The van der Waals surface area contributed by atoms with Gasteiger partial charge in [-0.2, -0.15) is 5.10 Å². The first kappa shape index (κ1) is 17.9. The summed E-state index contributed by atoms with van der Waals surface area (Å²) in [5.74, 6) is 0.475. The molecular weight excluding hydrogens is 334 g/mol. The van der Waals surface area contributed by atoms with E-state index in [1.807, 2.05) is 6.92 Å². The van der Waals surface area contributed by atoms with Crippen molar-refractivity contribution in [2.45, 2.75) is 45.7 Å². The fourth-order valence-corrected chi connectivity index (χ4v) is 3.30. The average Bonchev–Trinajstić information content (AvgIpc) is 2.72. The Balaban J connectivity index is 1.67. The molecule has 8 heteroatoms. The quantitative estimate of drug-likeness (QED) is 0.856. The highest BCUT2D eigenvalue weighted by molar-refractivity contribution is 5.97. The number of carbonyl (C=O) groups excluding carboxylic acids is 2. The third-order valence-corrected chi connectivity index (χ3v) is 4.63. The molecule has 1 unspecified atom stereocenters. The Hall–Kier alpha value is -2.90. The number of carbonyl (C=O) groups is 2. The lowest BCUT2D eigenvalue weighted by molar-refractivity contribution is -0.114. The van der Waals surface area contributed by atoms with Crippen LogP contribution in [0.4, 0.5) is 5.69 Å². The van der Waals surface area contributed by atoms with Crippen LogP contribution in [0.1, 0.15) is 41.5 Å². The molecule has 1 aliphatic heterocycles. The number of hydrogen-bond acceptors (Lipinski definition) is 4. The second kappa shape index (κ2) is 7.15. The molecule has 0 saturated carbocycles. The van der Waals surface area contributed by atoms with Crippen LogP contribution in [0.15, 0.2) is 23.0 Å². The molecule has 1 aromatic carbocycles. The van der Waals surface area contributed by atoms with Crippen LogP contribution in [-0.4, -0.2) is 32.2 Å². The van der Waals surface area contributed by atoms with E-state index in [-0.39, 0.29) is 23.5 Å². The van der Waals surface area contributed by atoms with Crippen molar-refractivity contribution in [2.75, 3.05) is 5.32 Å². The summed E-state index contributed by atoms with van der Waals surface area (Å²) in [7, 11) is 1.65. The summed E-state index contributed by atoms with van der Waals surface area (Å²) >= 11 is 0. The molecule has 3 rings (SSSR count). The van der Waals surface area contributed by atoms with E-state index in [0.717, 1.165) is 17.8 Å². The molecule has 2 heterocycles. The molecule has 0 aliphatic carbocycles. The summed E-state index contributed by atoms with van der Waals surface area (Å²) in [6.07, 6.45) is 2.08. The fourth-order valence-electron chi connectivity index (χ4n) is 3.30. The second-order valence-corrected chi connectivity index (χ2v) is 6.68. The summed E-state index contributed by atoms with van der Waals surface area (Å²) in [5.41, 5.74) is 1.93. The molecule has 2 amide bonds. The smallest absolute Gasteiger partial charge is 0.345 e. The fraction of sp³-hybridized carbons (Fsp3) is 0.444. The Morgan fingerprint density at radius 2 is 2.04 bits per heavy atom. The van der Waals surface area contributed by atoms with Crippen LogP contribution in [0.25, 0.3) is 0 Å². The standard InChI is InChI=1S/C18H23N5O3/c1-11-10-14(19-12(2)24)4-6-15(11)17(25)20-13-5-7-16-21-22(3)18(26)23(16)9-8-13/h4,6,10,13H,5,7-9H2,1-3H3,(H,19,24)(H,20,25). The maximum absolute atomic E-state index is 12.6. The number of rotatable bonds is 3. The number of aryl methyl sites for hydroxylation is 3. The van der Waals surface area contributed by atoms with Crippen LogP contribution in [0, 0.1) is 6.92 Å². The van der Waals surface area contributed by atoms with E-state index < -0.39 is 0 Å². The van der Waals surface area contributed by atoms with Crippen molar-refractivity contribution >= 4 is 17.5 Å². The SMILES string of the molecule is CC(=O)Nc1ccc(C(=O)NC2CCc3nn(C)c(=O)n3CC2)c(C)c1. The van der Waals surface area contributed by atoms with Crippen molar-refractivity contribution in [1.29, 1.82) is 0 Å². The van der Waals surface area contributed by atoms with E-state index in [4.69, 9.17) is 0 Å². The zero-order valence-electron chi connectivity index (χ0n) is 15.2. The van der Waals surface area contributed by atoms with E-state index in [0.29, 0.717) is 30.6 Å². The van der Waals surface area contributed by atoms with Gasteiger partial charge in [0.05, 0.1) is 0 Å². The van der Waals surface area contributed by atoms with Gasteiger partial charge in [0.15, 0.2) is 0 Å². The van der Waals surface area contributed by atoms with Gasteiger partial charge >= 0.3 is 5.69 Å². The van der Waals surface area contributed by atoms with Gasteiger partial charge in [-0.15, -0.1) is 0 Å². The minimum Gasteiger partial charge on any atom is -0.349 e. The molecule has 26 heavy (non-hydrogen) atoms. The number of nitrogens with zero attached hydrogens (tertiary/aromatic N) is 3. The first-order valence-corrected chi connectivity index (χ1v) is 8.67. The minimum atomic E-state index is -0.149. The molecular formula is C18H23N5O3. The maximum atomic E-state index is 12.6. The Labute approximate surface area is 151 Å². The van der Waals surface area contributed by atoms with Crippen LogP contribution >= 0.6 is 0 Å². The number of hydrogen-bond donors (Lipinski definition) is 2. The van der Waals surface area contributed by atoms with Crippen molar-refractivity contribution in [2.24, 2.45) is 7.05 Å². The lowest BCUT2D eigenvalue weighted by Gasteiger charge is -2.17. The number of anilines is 1. The number of amides is 2.